The Morgan fingerprint density at radius 3 is 2.84 bits per heavy atom. The molecule has 2 aromatic rings. The molecule has 0 radical (unpaired) electrons. The van der Waals surface area contributed by atoms with Crippen molar-refractivity contribution in [3.05, 3.63) is 29.6 Å². The summed E-state index contributed by atoms with van der Waals surface area (Å²) in [4.78, 5) is 4.31. The van der Waals surface area contributed by atoms with Crippen molar-refractivity contribution in [2.45, 2.75) is 46.8 Å². The van der Waals surface area contributed by atoms with Gasteiger partial charge in [-0.05, 0) is 27.3 Å². The number of aromatic nitrogens is 5. The maximum atomic E-state index is 4.53. The molecule has 2 heterocycles. The Balaban J connectivity index is 2.12. The third-order valence-corrected chi connectivity index (χ3v) is 3.05. The lowest BCUT2D eigenvalue weighted by molar-refractivity contribution is 0.487. The van der Waals surface area contributed by atoms with Crippen molar-refractivity contribution in [1.82, 2.24) is 29.9 Å². The van der Waals surface area contributed by atoms with Gasteiger partial charge in [-0.15, -0.1) is 0 Å². The first-order valence-electron chi connectivity index (χ1n) is 6.73. The minimum atomic E-state index is 0.315. The minimum absolute atomic E-state index is 0.315. The largest absolute Gasteiger partial charge is 0.313 e. The third kappa shape index (κ3) is 3.20. The Bertz CT molecular complexity index is 525. The summed E-state index contributed by atoms with van der Waals surface area (Å²) in [7, 11) is 0. The van der Waals surface area contributed by atoms with Gasteiger partial charge in [-0.1, -0.05) is 6.92 Å². The summed E-state index contributed by atoms with van der Waals surface area (Å²) in [6, 6.07) is 0.315. The number of hydrogen-bond donors (Lipinski definition) is 1. The Labute approximate surface area is 113 Å². The summed E-state index contributed by atoms with van der Waals surface area (Å²) in [5.74, 6) is 0.938. The summed E-state index contributed by atoms with van der Waals surface area (Å²) in [5.41, 5.74) is 2.30. The van der Waals surface area contributed by atoms with Crippen LogP contribution in [0.25, 0.3) is 0 Å². The molecular formula is C13H22N6. The number of nitrogens with zero attached hydrogens (tertiary/aromatic N) is 5. The van der Waals surface area contributed by atoms with E-state index < -0.39 is 0 Å². The highest BCUT2D eigenvalue weighted by Gasteiger charge is 2.10. The zero-order chi connectivity index (χ0) is 13.8. The maximum absolute atomic E-state index is 4.53. The van der Waals surface area contributed by atoms with Crippen LogP contribution in [0.1, 0.15) is 43.9 Å². The highest BCUT2D eigenvalue weighted by atomic mass is 15.4. The molecule has 2 aromatic heterocycles. The van der Waals surface area contributed by atoms with Gasteiger partial charge in [-0.3, -0.25) is 4.68 Å². The Hall–Kier alpha value is -1.69. The zero-order valence-electron chi connectivity index (χ0n) is 12.1. The second kappa shape index (κ2) is 5.97. The van der Waals surface area contributed by atoms with E-state index in [-0.39, 0.29) is 0 Å². The van der Waals surface area contributed by atoms with Gasteiger partial charge >= 0.3 is 0 Å². The molecule has 19 heavy (non-hydrogen) atoms. The van der Waals surface area contributed by atoms with Crippen molar-refractivity contribution in [2.24, 2.45) is 0 Å². The summed E-state index contributed by atoms with van der Waals surface area (Å²) in [5, 5.41) is 12.1. The SMILES string of the molecule is CCNCc1cn(Cc2ncnn2C(C)C)nc1C. The zero-order valence-corrected chi connectivity index (χ0v) is 12.1. The van der Waals surface area contributed by atoms with Crippen LogP contribution in [-0.4, -0.2) is 31.1 Å². The van der Waals surface area contributed by atoms with Crippen molar-refractivity contribution < 1.29 is 0 Å². The molecule has 0 aliphatic heterocycles. The Kier molecular flexibility index (Phi) is 4.31. The maximum Gasteiger partial charge on any atom is 0.148 e. The van der Waals surface area contributed by atoms with E-state index in [1.54, 1.807) is 6.33 Å². The fourth-order valence-corrected chi connectivity index (χ4v) is 2.04. The predicted octanol–water partition coefficient (Wildman–Crippen LogP) is 1.52. The smallest absolute Gasteiger partial charge is 0.148 e. The molecule has 0 aliphatic rings. The van der Waals surface area contributed by atoms with Crippen molar-refractivity contribution >= 4 is 0 Å². The van der Waals surface area contributed by atoms with Crippen LogP contribution in [0.4, 0.5) is 0 Å². The van der Waals surface area contributed by atoms with Gasteiger partial charge in [0, 0.05) is 24.3 Å². The standard InChI is InChI=1S/C13H22N6/c1-5-14-6-12-7-18(17-11(12)4)8-13-15-9-16-19(13)10(2)3/h7,9-10,14H,5-6,8H2,1-4H3. The molecule has 0 saturated carbocycles. The first-order chi connectivity index (χ1) is 9.11. The van der Waals surface area contributed by atoms with Crippen LogP contribution in [0, 0.1) is 6.92 Å². The van der Waals surface area contributed by atoms with Crippen LogP contribution in [-0.2, 0) is 13.1 Å². The molecule has 0 unspecified atom stereocenters. The van der Waals surface area contributed by atoms with Gasteiger partial charge in [0.2, 0.25) is 0 Å². The van der Waals surface area contributed by atoms with Crippen molar-refractivity contribution in [1.29, 1.82) is 0 Å². The second-order valence-electron chi connectivity index (χ2n) is 4.93. The predicted molar refractivity (Wildman–Crippen MR) is 73.9 cm³/mol. The minimum Gasteiger partial charge on any atom is -0.313 e. The fourth-order valence-electron chi connectivity index (χ4n) is 2.04. The third-order valence-electron chi connectivity index (χ3n) is 3.05. The van der Waals surface area contributed by atoms with E-state index in [0.717, 1.165) is 24.6 Å². The van der Waals surface area contributed by atoms with Crippen LogP contribution >= 0.6 is 0 Å². The first kappa shape index (κ1) is 13.7. The Morgan fingerprint density at radius 1 is 1.37 bits per heavy atom. The van der Waals surface area contributed by atoms with Crippen molar-refractivity contribution in [3.63, 3.8) is 0 Å². The fraction of sp³-hybridized carbons (Fsp3) is 0.615. The molecule has 6 heteroatoms. The quantitative estimate of drug-likeness (QED) is 0.857. The van der Waals surface area contributed by atoms with Gasteiger partial charge in [0.05, 0.1) is 5.69 Å². The lowest BCUT2D eigenvalue weighted by Crippen LogP contribution is -2.12. The van der Waals surface area contributed by atoms with Crippen molar-refractivity contribution in [2.75, 3.05) is 6.54 Å². The molecule has 0 atom stereocenters. The van der Waals surface area contributed by atoms with Gasteiger partial charge in [0.1, 0.15) is 18.7 Å². The topological polar surface area (TPSA) is 60.6 Å². The molecular weight excluding hydrogens is 240 g/mol. The van der Waals surface area contributed by atoms with Crippen LogP contribution in [0.5, 0.6) is 0 Å². The van der Waals surface area contributed by atoms with E-state index in [1.807, 2.05) is 16.3 Å². The lowest BCUT2D eigenvalue weighted by atomic mass is 10.2. The van der Waals surface area contributed by atoms with Gasteiger partial charge in [-0.25, -0.2) is 9.67 Å². The molecule has 104 valence electrons. The number of nitrogens with one attached hydrogen (secondary N) is 1. The lowest BCUT2D eigenvalue weighted by Gasteiger charge is -2.09. The van der Waals surface area contributed by atoms with Crippen LogP contribution < -0.4 is 5.32 Å². The molecule has 0 fully saturated rings. The van der Waals surface area contributed by atoms with E-state index in [2.05, 4.69) is 47.5 Å². The summed E-state index contributed by atoms with van der Waals surface area (Å²) >= 11 is 0. The van der Waals surface area contributed by atoms with Crippen LogP contribution in [0.2, 0.25) is 0 Å². The van der Waals surface area contributed by atoms with Gasteiger partial charge in [0.15, 0.2) is 0 Å². The van der Waals surface area contributed by atoms with Crippen LogP contribution in [0.15, 0.2) is 12.5 Å². The normalized spacial score (nSPS) is 11.4. The van der Waals surface area contributed by atoms with Gasteiger partial charge in [-0.2, -0.15) is 10.2 Å². The monoisotopic (exact) mass is 262 g/mol. The van der Waals surface area contributed by atoms with Crippen LogP contribution in [0.3, 0.4) is 0 Å². The van der Waals surface area contributed by atoms with Crippen molar-refractivity contribution in [3.8, 4) is 0 Å². The number of aryl methyl sites for hydroxylation is 1. The Morgan fingerprint density at radius 2 is 2.16 bits per heavy atom. The molecule has 0 amide bonds. The average molecular weight is 262 g/mol. The van der Waals surface area contributed by atoms with E-state index in [0.29, 0.717) is 12.6 Å². The molecule has 0 saturated heterocycles. The van der Waals surface area contributed by atoms with Gasteiger partial charge in [0.25, 0.3) is 0 Å². The molecule has 6 nitrogen and oxygen atoms in total. The highest BCUT2D eigenvalue weighted by molar-refractivity contribution is 5.15. The first-order valence-corrected chi connectivity index (χ1v) is 6.73. The second-order valence-corrected chi connectivity index (χ2v) is 4.93. The molecule has 1 N–H and O–H groups in total. The van der Waals surface area contributed by atoms with E-state index in [4.69, 9.17) is 0 Å². The molecule has 0 spiro atoms. The van der Waals surface area contributed by atoms with E-state index in [1.165, 1.54) is 5.56 Å². The summed E-state index contributed by atoms with van der Waals surface area (Å²) < 4.78 is 3.87. The average Bonchev–Trinajstić information content (AvgIpc) is 2.94. The number of rotatable bonds is 6. The van der Waals surface area contributed by atoms with E-state index in [9.17, 15) is 0 Å². The summed E-state index contributed by atoms with van der Waals surface area (Å²) in [6.45, 7) is 10.8. The molecule has 0 bridgehead atoms. The van der Waals surface area contributed by atoms with E-state index >= 15 is 0 Å². The molecule has 2 rings (SSSR count). The molecule has 0 aromatic carbocycles. The summed E-state index contributed by atoms with van der Waals surface area (Å²) in [6.07, 6.45) is 3.68. The van der Waals surface area contributed by atoms with Gasteiger partial charge < -0.3 is 5.32 Å². The molecule has 0 aliphatic carbocycles. The highest BCUT2D eigenvalue weighted by Crippen LogP contribution is 2.09. The number of hydrogen-bond acceptors (Lipinski definition) is 4.